The van der Waals surface area contributed by atoms with Crippen molar-refractivity contribution in [3.05, 3.63) is 42.2 Å². The molecule has 0 spiro atoms. The van der Waals surface area contributed by atoms with Crippen molar-refractivity contribution in [3.63, 3.8) is 0 Å². The van der Waals surface area contributed by atoms with E-state index in [-0.39, 0.29) is 31.0 Å². The van der Waals surface area contributed by atoms with Crippen LogP contribution in [0, 0.1) is 0 Å². The Kier molecular flexibility index (Phi) is 6.32. The fourth-order valence-electron chi connectivity index (χ4n) is 2.06. The van der Waals surface area contributed by atoms with Crippen LogP contribution in [0.25, 0.3) is 0 Å². The third kappa shape index (κ3) is 5.40. The average Bonchev–Trinajstić information content (AvgIpc) is 3.07. The highest BCUT2D eigenvalue weighted by atomic mass is 16.3. The van der Waals surface area contributed by atoms with E-state index in [1.165, 1.54) is 6.20 Å². The van der Waals surface area contributed by atoms with Crippen molar-refractivity contribution in [2.24, 2.45) is 0 Å². The molecular formula is C16H21N5O3. The highest BCUT2D eigenvalue weighted by Crippen LogP contribution is 2.11. The van der Waals surface area contributed by atoms with Crippen LogP contribution in [0.4, 0.5) is 16.2 Å². The number of hydrogen-bond donors (Lipinski definition) is 5. The maximum Gasteiger partial charge on any atom is 0.323 e. The summed E-state index contributed by atoms with van der Waals surface area (Å²) in [4.78, 5) is 23.6. The molecule has 2 aromatic rings. The summed E-state index contributed by atoms with van der Waals surface area (Å²) in [5.74, 6) is -0.144. The molecule has 2 rings (SSSR count). The largest absolute Gasteiger partial charge is 0.394 e. The van der Waals surface area contributed by atoms with Crippen LogP contribution < -0.4 is 16.0 Å². The molecule has 1 atom stereocenters. The van der Waals surface area contributed by atoms with Gasteiger partial charge in [0, 0.05) is 11.9 Å². The topological polar surface area (TPSA) is 119 Å². The first kappa shape index (κ1) is 17.5. The molecule has 0 aliphatic heterocycles. The van der Waals surface area contributed by atoms with Crippen LogP contribution in [-0.4, -0.2) is 39.9 Å². The third-order valence-corrected chi connectivity index (χ3v) is 3.41. The summed E-state index contributed by atoms with van der Waals surface area (Å²) < 4.78 is 0. The van der Waals surface area contributed by atoms with E-state index >= 15 is 0 Å². The van der Waals surface area contributed by atoms with Gasteiger partial charge < -0.3 is 21.1 Å². The molecule has 0 saturated heterocycles. The van der Waals surface area contributed by atoms with Crippen LogP contribution in [0.2, 0.25) is 0 Å². The highest BCUT2D eigenvalue weighted by molar-refractivity contribution is 5.99. The van der Waals surface area contributed by atoms with Crippen molar-refractivity contribution in [2.45, 2.75) is 25.8 Å². The summed E-state index contributed by atoms with van der Waals surface area (Å²) in [5, 5.41) is 23.5. The zero-order valence-electron chi connectivity index (χ0n) is 13.4. The number of hydrogen-bond acceptors (Lipinski definition) is 4. The highest BCUT2D eigenvalue weighted by Gasteiger charge is 2.10. The minimum absolute atomic E-state index is 0.0725. The van der Waals surface area contributed by atoms with Gasteiger partial charge in [-0.2, -0.15) is 5.10 Å². The monoisotopic (exact) mass is 331 g/mol. The summed E-state index contributed by atoms with van der Waals surface area (Å²) in [5.41, 5.74) is 2.00. The smallest absolute Gasteiger partial charge is 0.323 e. The van der Waals surface area contributed by atoms with Crippen LogP contribution in [0.3, 0.4) is 0 Å². The number of benzene rings is 1. The van der Waals surface area contributed by atoms with Gasteiger partial charge in [-0.1, -0.05) is 19.1 Å². The molecule has 3 amide bonds. The lowest BCUT2D eigenvalue weighted by atomic mass is 10.1. The third-order valence-electron chi connectivity index (χ3n) is 3.41. The number of rotatable bonds is 7. The van der Waals surface area contributed by atoms with Gasteiger partial charge in [0.1, 0.15) is 0 Å². The van der Waals surface area contributed by atoms with E-state index in [0.717, 1.165) is 5.56 Å². The number of aliphatic hydroxyl groups is 1. The molecule has 0 aliphatic carbocycles. The van der Waals surface area contributed by atoms with Crippen LogP contribution in [0.5, 0.6) is 0 Å². The molecule has 1 heterocycles. The number of anilines is 2. The van der Waals surface area contributed by atoms with Gasteiger partial charge in [0.2, 0.25) is 5.91 Å². The Labute approximate surface area is 139 Å². The minimum atomic E-state index is -0.379. The van der Waals surface area contributed by atoms with Crippen molar-refractivity contribution in [1.29, 1.82) is 0 Å². The Morgan fingerprint density at radius 1 is 1.21 bits per heavy atom. The van der Waals surface area contributed by atoms with Gasteiger partial charge in [0.05, 0.1) is 31.0 Å². The second-order valence-corrected chi connectivity index (χ2v) is 5.30. The normalized spacial score (nSPS) is 11.6. The molecule has 8 nitrogen and oxygen atoms in total. The maximum absolute atomic E-state index is 11.9. The molecule has 1 aromatic heterocycles. The van der Waals surface area contributed by atoms with Crippen LogP contribution in [0.15, 0.2) is 36.7 Å². The van der Waals surface area contributed by atoms with E-state index in [1.807, 2.05) is 6.92 Å². The molecule has 0 unspecified atom stereocenters. The predicted molar refractivity (Wildman–Crippen MR) is 90.7 cm³/mol. The molecule has 0 radical (unpaired) electrons. The van der Waals surface area contributed by atoms with Crippen molar-refractivity contribution in [2.75, 3.05) is 17.2 Å². The van der Waals surface area contributed by atoms with E-state index in [0.29, 0.717) is 17.8 Å². The number of carbonyl (C=O) groups excluding carboxylic acids is 2. The first-order valence-electron chi connectivity index (χ1n) is 7.66. The number of amides is 3. The SMILES string of the molecule is CC[C@@H](CO)NC(=O)Cc1ccc(NC(=O)Nc2cn[nH]c2)cc1. The summed E-state index contributed by atoms with van der Waals surface area (Å²) in [6.07, 6.45) is 3.96. The Morgan fingerprint density at radius 2 is 1.92 bits per heavy atom. The van der Waals surface area contributed by atoms with E-state index in [9.17, 15) is 9.59 Å². The molecule has 0 fully saturated rings. The molecule has 24 heavy (non-hydrogen) atoms. The second-order valence-electron chi connectivity index (χ2n) is 5.30. The molecule has 5 N–H and O–H groups in total. The zero-order chi connectivity index (χ0) is 17.4. The van der Waals surface area contributed by atoms with E-state index < -0.39 is 0 Å². The first-order chi connectivity index (χ1) is 11.6. The number of carbonyl (C=O) groups is 2. The van der Waals surface area contributed by atoms with Crippen molar-refractivity contribution >= 4 is 23.3 Å². The van der Waals surface area contributed by atoms with Crippen molar-refractivity contribution in [3.8, 4) is 0 Å². The first-order valence-corrected chi connectivity index (χ1v) is 7.66. The summed E-state index contributed by atoms with van der Waals surface area (Å²) >= 11 is 0. The number of nitrogens with zero attached hydrogens (tertiary/aromatic N) is 1. The summed E-state index contributed by atoms with van der Waals surface area (Å²) in [6.45, 7) is 1.83. The molecule has 0 saturated carbocycles. The van der Waals surface area contributed by atoms with Gasteiger partial charge in [-0.3, -0.25) is 9.89 Å². The Balaban J connectivity index is 1.84. The Morgan fingerprint density at radius 3 is 2.50 bits per heavy atom. The number of urea groups is 1. The lowest BCUT2D eigenvalue weighted by Crippen LogP contribution is -2.37. The van der Waals surface area contributed by atoms with E-state index in [4.69, 9.17) is 5.11 Å². The molecule has 0 bridgehead atoms. The molecule has 0 aliphatic rings. The predicted octanol–water partition coefficient (Wildman–Crippen LogP) is 1.48. The van der Waals surface area contributed by atoms with Crippen LogP contribution in [-0.2, 0) is 11.2 Å². The standard InChI is InChI=1S/C16H21N5O3/c1-2-12(10-22)19-15(23)7-11-3-5-13(6-4-11)20-16(24)21-14-8-17-18-9-14/h3-6,8-9,12,22H,2,7,10H2,1H3,(H,17,18)(H,19,23)(H2,20,21,24)/t12-/m0/s1. The molecule has 1 aromatic carbocycles. The van der Waals surface area contributed by atoms with Crippen LogP contribution >= 0.6 is 0 Å². The van der Waals surface area contributed by atoms with Gasteiger partial charge in [-0.05, 0) is 24.1 Å². The lowest BCUT2D eigenvalue weighted by Gasteiger charge is -2.14. The maximum atomic E-state index is 11.9. The van der Waals surface area contributed by atoms with Gasteiger partial charge in [0.25, 0.3) is 0 Å². The number of nitrogens with one attached hydrogen (secondary N) is 4. The number of aliphatic hydroxyl groups excluding tert-OH is 1. The number of H-pyrrole nitrogens is 1. The Hall–Kier alpha value is -2.87. The second kappa shape index (κ2) is 8.68. The van der Waals surface area contributed by atoms with Gasteiger partial charge in [0.15, 0.2) is 0 Å². The van der Waals surface area contributed by atoms with E-state index in [1.54, 1.807) is 30.5 Å². The quantitative estimate of drug-likeness (QED) is 0.528. The summed E-state index contributed by atoms with van der Waals surface area (Å²) in [7, 11) is 0. The molecule has 8 heteroatoms. The minimum Gasteiger partial charge on any atom is -0.394 e. The lowest BCUT2D eigenvalue weighted by molar-refractivity contribution is -0.121. The van der Waals surface area contributed by atoms with Gasteiger partial charge in [-0.15, -0.1) is 0 Å². The average molecular weight is 331 g/mol. The van der Waals surface area contributed by atoms with Gasteiger partial charge in [-0.25, -0.2) is 4.79 Å². The van der Waals surface area contributed by atoms with Crippen LogP contribution in [0.1, 0.15) is 18.9 Å². The molecule has 128 valence electrons. The summed E-state index contributed by atoms with van der Waals surface area (Å²) in [6, 6.07) is 6.39. The van der Waals surface area contributed by atoms with Gasteiger partial charge >= 0.3 is 6.03 Å². The number of aromatic nitrogens is 2. The molecular weight excluding hydrogens is 310 g/mol. The Bertz CT molecular complexity index is 651. The van der Waals surface area contributed by atoms with Crippen molar-refractivity contribution < 1.29 is 14.7 Å². The fourth-order valence-corrected chi connectivity index (χ4v) is 2.06. The van der Waals surface area contributed by atoms with Crippen molar-refractivity contribution in [1.82, 2.24) is 15.5 Å². The van der Waals surface area contributed by atoms with E-state index in [2.05, 4.69) is 26.1 Å². The zero-order valence-corrected chi connectivity index (χ0v) is 13.4. The fraction of sp³-hybridized carbons (Fsp3) is 0.312. The number of aromatic amines is 1.